The van der Waals surface area contributed by atoms with E-state index in [0.717, 1.165) is 14.7 Å². The summed E-state index contributed by atoms with van der Waals surface area (Å²) >= 11 is 6.45. The Labute approximate surface area is 589 Å². The number of H-pyrrole nitrogens is 2. The van der Waals surface area contributed by atoms with Crippen LogP contribution in [0.1, 0.15) is 89.8 Å². The largest absolute Gasteiger partial charge is 0.481 e. The first-order valence-corrected chi connectivity index (χ1v) is 34.4. The molecule has 0 radical (unpaired) electrons. The lowest BCUT2D eigenvalue weighted by atomic mass is 9.95. The monoisotopic (exact) mass is 1420 g/mol. The number of ether oxygens (including phenoxy) is 1. The van der Waals surface area contributed by atoms with Gasteiger partial charge in [0.2, 0.25) is 59.1 Å². The van der Waals surface area contributed by atoms with E-state index in [2.05, 4.69) is 41.9 Å². The number of aliphatic carboxylic acids is 2. The average Bonchev–Trinajstić information content (AvgIpc) is 1.73. The number of fused-ring (bicyclic) bond motifs is 2. The van der Waals surface area contributed by atoms with E-state index in [1.54, 1.807) is 119 Å². The summed E-state index contributed by atoms with van der Waals surface area (Å²) in [5, 5.41) is 58.1. The molecular weight excluding hydrogens is 1330 g/mol. The Kier molecular flexibility index (Phi) is 28.7. The van der Waals surface area contributed by atoms with Gasteiger partial charge in [-0.15, -0.1) is 0 Å². The molecule has 13 atom stereocenters. The summed E-state index contributed by atoms with van der Waals surface area (Å²) < 4.78 is 5.92. The van der Waals surface area contributed by atoms with Gasteiger partial charge in [-0.1, -0.05) is 112 Å². The number of hydrogen-bond donors (Lipinski definition) is 12. The SMILES string of the molecule is CCN[C@@H](CC)C(=O)N(C)[C@@H](CO)C(=O)N1C[C@H](OCC)C[C@H]1C(=O)N[C@H](C(=O)N(C)[C@@H](Cc1ccccc1)C(=O)N[C@H](C(=O)N[C@@H](Cc1c[nH]c2ccccc12)C(=O)N[C@@H](Cc1c[nH]c2ccccc12)C(=O)N1CCC[C@H]1C(=O)N(C)CC(=O)N[C@@H](CC(=O)O)C(=O)O)C(O)Cl)[C@@H](C)CC. The van der Waals surface area contributed by atoms with Crippen LogP contribution in [0.3, 0.4) is 0 Å². The average molecular weight is 1430 g/mol. The molecule has 101 heavy (non-hydrogen) atoms. The Morgan fingerprint density at radius 3 is 1.80 bits per heavy atom. The molecule has 0 bridgehead atoms. The van der Waals surface area contributed by atoms with Gasteiger partial charge in [0.15, 0.2) is 5.56 Å². The van der Waals surface area contributed by atoms with Gasteiger partial charge in [-0.3, -0.25) is 52.7 Å². The molecule has 548 valence electrons. The van der Waals surface area contributed by atoms with Crippen LogP contribution in [0.4, 0.5) is 0 Å². The van der Waals surface area contributed by atoms with Gasteiger partial charge in [0, 0.05) is 101 Å². The number of benzene rings is 3. The van der Waals surface area contributed by atoms with Crippen molar-refractivity contribution in [3.05, 3.63) is 108 Å². The smallest absolute Gasteiger partial charge is 0.326 e. The zero-order valence-electron chi connectivity index (χ0n) is 58.0. The lowest BCUT2D eigenvalue weighted by molar-refractivity contribution is -0.150. The molecular formula is C70H94ClN13O17. The molecule has 2 aliphatic heterocycles. The van der Waals surface area contributed by atoms with Crippen LogP contribution in [-0.4, -0.2) is 259 Å². The molecule has 7 rings (SSSR count). The summed E-state index contributed by atoms with van der Waals surface area (Å²) in [5.41, 5.74) is 0.779. The number of alkyl halides is 1. The van der Waals surface area contributed by atoms with Crippen molar-refractivity contribution >= 4 is 104 Å². The number of aliphatic hydroxyl groups is 2. The van der Waals surface area contributed by atoms with Crippen LogP contribution in [-0.2, 0) is 81.5 Å². The molecule has 2 aliphatic rings. The van der Waals surface area contributed by atoms with Crippen molar-refractivity contribution in [1.82, 2.24) is 66.4 Å². The molecule has 10 amide bonds. The Balaban J connectivity index is 1.17. The third-order valence-corrected chi connectivity index (χ3v) is 19.0. The van der Waals surface area contributed by atoms with Crippen LogP contribution < -0.4 is 31.9 Å². The number of carboxylic acids is 2. The highest BCUT2D eigenvalue weighted by Crippen LogP contribution is 2.28. The summed E-state index contributed by atoms with van der Waals surface area (Å²) in [6.45, 7) is 8.03. The number of aromatic amines is 2. The highest BCUT2D eigenvalue weighted by Gasteiger charge is 2.47. The standard InChI is InChI=1S/C70H94ClN13O17/c1-9-39(5)58(78-63(92)54-32-43(101-12-4)36-84(54)68(97)55(38-85)82(8)65(94)46(10-2)72-11-3)69(98)81(7)53(29-40-21-14-13-15-22-40)62(91)79-59(60(71)89)64(93)76-49(30-41-34-73-47-25-18-16-23-44(41)47)61(90)77-50(31-42-35-74-48-26-19-17-24-45(42)48)66(95)83-28-20-27-52(83)67(96)80(6)37-56(86)75-51(70(99)100)33-57(87)88/h13-19,21-26,34-35,39,43,46,49-55,58-60,72-74,85,89H,9-12,20,27-33,36-38H2,1-8H3,(H,75,86)(H,76,93)(H,77,90)(H,78,92)(H,79,91)(H,87,88)(H,99,100)/t39-,43+,46-,49-,50-,51-,52-,53-,54-,55-,58-,59-,60?/m0/s1. The molecule has 31 heteroatoms. The Morgan fingerprint density at radius 1 is 0.644 bits per heavy atom. The molecule has 30 nitrogen and oxygen atoms in total. The van der Waals surface area contributed by atoms with Gasteiger partial charge in [0.25, 0.3) is 0 Å². The minimum Gasteiger partial charge on any atom is -0.481 e. The van der Waals surface area contributed by atoms with Gasteiger partial charge in [-0.25, -0.2) is 4.79 Å². The molecule has 0 aliphatic carbocycles. The molecule has 2 saturated heterocycles. The predicted molar refractivity (Wildman–Crippen MR) is 371 cm³/mol. The minimum atomic E-state index is -2.20. The van der Waals surface area contributed by atoms with E-state index in [9.17, 15) is 54.0 Å². The van der Waals surface area contributed by atoms with Crippen LogP contribution in [0.15, 0.2) is 91.3 Å². The lowest BCUT2D eigenvalue weighted by Crippen LogP contribution is -2.63. The number of carboxylic acid groups (broad SMARTS) is 2. The number of likely N-dealkylation sites (N-methyl/N-ethyl adjacent to an activating group) is 4. The quantitative estimate of drug-likeness (QED) is 0.0246. The van der Waals surface area contributed by atoms with Crippen molar-refractivity contribution in [2.75, 3.05) is 60.5 Å². The highest BCUT2D eigenvalue weighted by atomic mass is 35.5. The zero-order chi connectivity index (χ0) is 73.9. The van der Waals surface area contributed by atoms with E-state index < -0.39 is 169 Å². The van der Waals surface area contributed by atoms with E-state index >= 15 is 24.0 Å². The topological polar surface area (TPSA) is 415 Å². The number of carbonyl (C=O) groups excluding carboxylic acids is 10. The van der Waals surface area contributed by atoms with Gasteiger partial charge >= 0.3 is 11.9 Å². The number of para-hydroxylation sites is 2. The van der Waals surface area contributed by atoms with Gasteiger partial charge in [-0.05, 0) is 67.5 Å². The Hall–Kier alpha value is -9.49. The Morgan fingerprint density at radius 2 is 1.24 bits per heavy atom. The fourth-order valence-electron chi connectivity index (χ4n) is 12.9. The third-order valence-electron chi connectivity index (χ3n) is 18.7. The third kappa shape index (κ3) is 20.0. The summed E-state index contributed by atoms with van der Waals surface area (Å²) in [4.78, 5) is 181. The number of nitrogens with one attached hydrogen (secondary N) is 8. The van der Waals surface area contributed by atoms with E-state index in [4.69, 9.17) is 16.3 Å². The van der Waals surface area contributed by atoms with Gasteiger partial charge in [-0.2, -0.15) is 0 Å². The van der Waals surface area contributed by atoms with Crippen molar-refractivity contribution in [2.24, 2.45) is 5.92 Å². The number of amides is 10. The lowest BCUT2D eigenvalue weighted by Gasteiger charge is -2.36. The summed E-state index contributed by atoms with van der Waals surface area (Å²) in [7, 11) is 3.98. The van der Waals surface area contributed by atoms with E-state index in [1.165, 1.54) is 30.9 Å². The van der Waals surface area contributed by atoms with Crippen LogP contribution in [0.25, 0.3) is 21.8 Å². The maximum absolute atomic E-state index is 15.3. The zero-order valence-corrected chi connectivity index (χ0v) is 58.7. The van der Waals surface area contributed by atoms with Crippen molar-refractivity contribution in [1.29, 1.82) is 0 Å². The molecule has 4 heterocycles. The van der Waals surface area contributed by atoms with Gasteiger partial charge in [0.1, 0.15) is 54.4 Å². The number of nitrogens with zero attached hydrogens (tertiary/aromatic N) is 5. The minimum absolute atomic E-state index is 0.00388. The van der Waals surface area contributed by atoms with E-state index in [-0.39, 0.29) is 51.8 Å². The number of halogens is 1. The molecule has 2 fully saturated rings. The Bertz CT molecular complexity index is 3760. The number of carbonyl (C=O) groups is 12. The maximum atomic E-state index is 15.3. The van der Waals surface area contributed by atoms with Gasteiger partial charge in [0.05, 0.1) is 31.7 Å². The second kappa shape index (κ2) is 36.7. The summed E-state index contributed by atoms with van der Waals surface area (Å²) in [6.07, 6.45) is 2.19. The second-order valence-corrected chi connectivity index (χ2v) is 26.0. The van der Waals surface area contributed by atoms with Crippen LogP contribution in [0, 0.1) is 5.92 Å². The number of aliphatic hydroxyl groups excluding tert-OH is 2. The normalized spacial score (nSPS) is 18.1. The number of aromatic nitrogens is 2. The van der Waals surface area contributed by atoms with Gasteiger partial charge < -0.3 is 91.5 Å². The molecule has 0 spiro atoms. The molecule has 0 saturated carbocycles. The first-order valence-electron chi connectivity index (χ1n) is 33.9. The number of likely N-dealkylation sites (tertiary alicyclic amines) is 2. The van der Waals surface area contributed by atoms with Crippen LogP contribution >= 0.6 is 11.6 Å². The molecule has 3 aromatic carbocycles. The fraction of sp³-hybridized carbons (Fsp3) is 0.514. The summed E-state index contributed by atoms with van der Waals surface area (Å²) in [5.74, 6) is -12.0. The second-order valence-electron chi connectivity index (χ2n) is 25.6. The molecule has 2 aromatic heterocycles. The number of rotatable bonds is 36. The van der Waals surface area contributed by atoms with Crippen molar-refractivity contribution in [3.8, 4) is 0 Å². The predicted octanol–water partition coefficient (Wildman–Crippen LogP) is 0.753. The van der Waals surface area contributed by atoms with Crippen molar-refractivity contribution in [3.63, 3.8) is 0 Å². The van der Waals surface area contributed by atoms with E-state index in [0.29, 0.717) is 64.3 Å². The highest BCUT2D eigenvalue weighted by molar-refractivity contribution is 6.22. The maximum Gasteiger partial charge on any atom is 0.326 e. The number of hydrogen-bond acceptors (Lipinski definition) is 16. The molecule has 5 aromatic rings. The van der Waals surface area contributed by atoms with Crippen LogP contribution in [0.5, 0.6) is 0 Å². The molecule has 1 unspecified atom stereocenters. The summed E-state index contributed by atoms with van der Waals surface area (Å²) in [6, 6.07) is 8.51. The molecule has 12 N–H and O–H groups in total. The first kappa shape index (κ1) is 78.8. The van der Waals surface area contributed by atoms with Crippen LogP contribution in [0.2, 0.25) is 0 Å². The fourth-order valence-corrected chi connectivity index (χ4v) is 13.1. The van der Waals surface area contributed by atoms with Crippen molar-refractivity contribution in [2.45, 2.75) is 164 Å². The van der Waals surface area contributed by atoms with E-state index in [1.807, 2.05) is 6.92 Å². The first-order chi connectivity index (χ1) is 48.2. The van der Waals surface area contributed by atoms with Crippen molar-refractivity contribution < 1.29 is 82.7 Å².